The lowest BCUT2D eigenvalue weighted by Gasteiger charge is -2.31. The second kappa shape index (κ2) is 9.72. The molecule has 0 aromatic heterocycles. The van der Waals surface area contributed by atoms with Crippen LogP contribution in [0.4, 0.5) is 0 Å². The number of rotatable bonds is 7. The van der Waals surface area contributed by atoms with Gasteiger partial charge in [-0.25, -0.2) is 21.1 Å². The third kappa shape index (κ3) is 6.17. The highest BCUT2D eigenvalue weighted by Gasteiger charge is 2.31. The maximum absolute atomic E-state index is 12.8. The van der Waals surface area contributed by atoms with E-state index in [1.807, 2.05) is 38.1 Å². The molecule has 2 aromatic carbocycles. The van der Waals surface area contributed by atoms with Crippen molar-refractivity contribution in [2.45, 2.75) is 43.4 Å². The maximum Gasteiger partial charge on any atom is 0.223 e. The maximum atomic E-state index is 12.8. The summed E-state index contributed by atoms with van der Waals surface area (Å²) in [6.45, 7) is 4.42. The molecule has 1 heterocycles. The predicted molar refractivity (Wildman–Crippen MR) is 124 cm³/mol. The van der Waals surface area contributed by atoms with Crippen LogP contribution in [0.25, 0.3) is 0 Å². The van der Waals surface area contributed by atoms with Crippen molar-refractivity contribution in [1.82, 2.24) is 9.62 Å². The first-order valence-electron chi connectivity index (χ1n) is 10.6. The third-order valence-corrected chi connectivity index (χ3v) is 8.80. The Kier molecular flexibility index (Phi) is 7.42. The lowest BCUT2D eigenvalue weighted by atomic mass is 9.96. The molecule has 7 nitrogen and oxygen atoms in total. The van der Waals surface area contributed by atoms with Crippen molar-refractivity contribution in [1.29, 1.82) is 0 Å². The number of aryl methyl sites for hydroxylation is 1. The Bertz CT molecular complexity index is 1170. The van der Waals surface area contributed by atoms with E-state index in [9.17, 15) is 21.6 Å². The molecule has 0 aliphatic carbocycles. The zero-order chi connectivity index (χ0) is 23.5. The molecule has 3 rings (SSSR count). The number of hydrogen-bond acceptors (Lipinski definition) is 5. The minimum absolute atomic E-state index is 0.0357. The summed E-state index contributed by atoms with van der Waals surface area (Å²) in [5.74, 6) is -0.398. The molecule has 32 heavy (non-hydrogen) atoms. The standard InChI is InChI=1S/C23H30N2O5S2/c1-17-5-4-6-19(15-17)16-32(29,30)25-13-11-21(12-14-25)23(26)24-18(2)20-7-9-22(10-8-20)31(3,27)28/h4-10,15,18,21H,11-14,16H2,1-3H3,(H,24,26)/t18-/m0/s1. The van der Waals surface area contributed by atoms with Gasteiger partial charge in [-0.05, 0) is 49.9 Å². The number of hydrogen-bond donors (Lipinski definition) is 1. The number of carbonyl (C=O) groups excluding carboxylic acids is 1. The number of amides is 1. The van der Waals surface area contributed by atoms with Crippen LogP contribution in [0.2, 0.25) is 0 Å². The highest BCUT2D eigenvalue weighted by molar-refractivity contribution is 7.90. The van der Waals surface area contributed by atoms with Crippen LogP contribution >= 0.6 is 0 Å². The molecule has 174 valence electrons. The van der Waals surface area contributed by atoms with Crippen LogP contribution in [0.5, 0.6) is 0 Å². The highest BCUT2D eigenvalue weighted by Crippen LogP contribution is 2.24. The molecule has 1 amide bonds. The summed E-state index contributed by atoms with van der Waals surface area (Å²) in [6, 6.07) is 13.7. The summed E-state index contributed by atoms with van der Waals surface area (Å²) in [7, 11) is -6.70. The van der Waals surface area contributed by atoms with Crippen molar-refractivity contribution < 1.29 is 21.6 Å². The van der Waals surface area contributed by atoms with Crippen molar-refractivity contribution in [3.8, 4) is 0 Å². The molecule has 0 spiro atoms. The Labute approximate surface area is 190 Å². The summed E-state index contributed by atoms with van der Waals surface area (Å²) >= 11 is 0. The van der Waals surface area contributed by atoms with Crippen LogP contribution in [0, 0.1) is 12.8 Å². The van der Waals surface area contributed by atoms with Gasteiger partial charge in [-0.1, -0.05) is 42.0 Å². The fraction of sp³-hybridized carbons (Fsp3) is 0.435. The first-order valence-corrected chi connectivity index (χ1v) is 14.1. The number of sulfone groups is 1. The SMILES string of the molecule is Cc1cccc(CS(=O)(=O)N2CCC(C(=O)N[C@@H](C)c3ccc(S(C)(=O)=O)cc3)CC2)c1. The topological polar surface area (TPSA) is 101 Å². The summed E-state index contributed by atoms with van der Waals surface area (Å²) in [4.78, 5) is 13.0. The van der Waals surface area contributed by atoms with E-state index in [0.717, 1.165) is 22.9 Å². The van der Waals surface area contributed by atoms with Crippen molar-refractivity contribution in [2.75, 3.05) is 19.3 Å². The van der Waals surface area contributed by atoms with E-state index >= 15 is 0 Å². The van der Waals surface area contributed by atoms with Gasteiger partial charge >= 0.3 is 0 Å². The average molecular weight is 479 g/mol. The zero-order valence-electron chi connectivity index (χ0n) is 18.6. The molecule has 0 radical (unpaired) electrons. The fourth-order valence-corrected chi connectivity index (χ4v) is 6.10. The van der Waals surface area contributed by atoms with Gasteiger partial charge in [0.2, 0.25) is 15.9 Å². The van der Waals surface area contributed by atoms with E-state index < -0.39 is 19.9 Å². The van der Waals surface area contributed by atoms with Crippen LogP contribution in [-0.4, -0.2) is 46.4 Å². The number of sulfonamides is 1. The van der Waals surface area contributed by atoms with Gasteiger partial charge in [-0.3, -0.25) is 4.79 Å². The summed E-state index contributed by atoms with van der Waals surface area (Å²) < 4.78 is 50.2. The number of nitrogens with one attached hydrogen (secondary N) is 1. The molecule has 0 saturated carbocycles. The Morgan fingerprint density at radius 3 is 2.25 bits per heavy atom. The second-order valence-electron chi connectivity index (χ2n) is 8.49. The van der Waals surface area contributed by atoms with Gasteiger partial charge in [-0.15, -0.1) is 0 Å². The molecular formula is C23H30N2O5S2. The van der Waals surface area contributed by atoms with E-state index in [-0.39, 0.29) is 28.5 Å². The number of carbonyl (C=O) groups is 1. The van der Waals surface area contributed by atoms with Crippen molar-refractivity contribution in [3.63, 3.8) is 0 Å². The zero-order valence-corrected chi connectivity index (χ0v) is 20.2. The van der Waals surface area contributed by atoms with Gasteiger partial charge < -0.3 is 5.32 Å². The lowest BCUT2D eigenvalue weighted by molar-refractivity contribution is -0.126. The Morgan fingerprint density at radius 2 is 1.69 bits per heavy atom. The van der Waals surface area contributed by atoms with Gasteiger partial charge in [0.1, 0.15) is 0 Å². The molecule has 0 bridgehead atoms. The third-order valence-electron chi connectivity index (χ3n) is 5.82. The molecule has 1 N–H and O–H groups in total. The van der Waals surface area contributed by atoms with Crippen molar-refractivity contribution in [3.05, 3.63) is 65.2 Å². The van der Waals surface area contributed by atoms with Gasteiger partial charge in [-0.2, -0.15) is 0 Å². The fourth-order valence-electron chi connectivity index (χ4n) is 3.92. The average Bonchev–Trinajstić information content (AvgIpc) is 2.73. The lowest BCUT2D eigenvalue weighted by Crippen LogP contribution is -2.43. The number of nitrogens with zero attached hydrogens (tertiary/aromatic N) is 1. The molecule has 1 aliphatic heterocycles. The van der Waals surface area contributed by atoms with Gasteiger partial charge in [0, 0.05) is 25.3 Å². The summed E-state index contributed by atoms with van der Waals surface area (Å²) in [5, 5.41) is 2.97. The van der Waals surface area contributed by atoms with E-state index in [1.54, 1.807) is 12.1 Å². The van der Waals surface area contributed by atoms with E-state index in [4.69, 9.17) is 0 Å². The van der Waals surface area contributed by atoms with Crippen molar-refractivity contribution >= 4 is 25.8 Å². The highest BCUT2D eigenvalue weighted by atomic mass is 32.2. The van der Waals surface area contributed by atoms with Crippen LogP contribution in [0.1, 0.15) is 42.5 Å². The molecular weight excluding hydrogens is 448 g/mol. The predicted octanol–water partition coefficient (Wildman–Crippen LogP) is 2.82. The van der Waals surface area contributed by atoms with Crippen molar-refractivity contribution in [2.24, 2.45) is 5.92 Å². The van der Waals surface area contributed by atoms with Gasteiger partial charge in [0.25, 0.3) is 0 Å². The Balaban J connectivity index is 1.54. The Hall–Kier alpha value is -2.23. The van der Waals surface area contributed by atoms with Crippen LogP contribution < -0.4 is 5.32 Å². The smallest absolute Gasteiger partial charge is 0.223 e. The van der Waals surface area contributed by atoms with Gasteiger partial charge in [0.15, 0.2) is 9.84 Å². The van der Waals surface area contributed by atoms with E-state index in [1.165, 1.54) is 16.4 Å². The first kappa shape index (κ1) is 24.4. The second-order valence-corrected chi connectivity index (χ2v) is 12.5. The quantitative estimate of drug-likeness (QED) is 0.660. The molecule has 2 aromatic rings. The summed E-state index contributed by atoms with van der Waals surface area (Å²) in [5.41, 5.74) is 2.60. The van der Waals surface area contributed by atoms with Gasteiger partial charge in [0.05, 0.1) is 16.7 Å². The summed E-state index contributed by atoms with van der Waals surface area (Å²) in [6.07, 6.45) is 2.10. The molecule has 9 heteroatoms. The van der Waals surface area contributed by atoms with Crippen LogP contribution in [0.15, 0.2) is 53.4 Å². The van der Waals surface area contributed by atoms with Crippen LogP contribution in [0.3, 0.4) is 0 Å². The Morgan fingerprint density at radius 1 is 1.06 bits per heavy atom. The van der Waals surface area contributed by atoms with Crippen LogP contribution in [-0.2, 0) is 30.4 Å². The first-order chi connectivity index (χ1) is 15.0. The number of benzene rings is 2. The molecule has 1 aliphatic rings. The molecule has 1 fully saturated rings. The normalized spacial score (nSPS) is 17.1. The van der Waals surface area contributed by atoms with E-state index in [2.05, 4.69) is 5.32 Å². The monoisotopic (exact) mass is 478 g/mol. The molecule has 1 atom stereocenters. The minimum Gasteiger partial charge on any atom is -0.349 e. The van der Waals surface area contributed by atoms with E-state index in [0.29, 0.717) is 25.9 Å². The largest absolute Gasteiger partial charge is 0.349 e. The minimum atomic E-state index is -3.43. The molecule has 1 saturated heterocycles. The molecule has 0 unspecified atom stereocenters. The number of piperidine rings is 1.